The summed E-state index contributed by atoms with van der Waals surface area (Å²) < 4.78 is 6.10. The molecule has 0 aliphatic carbocycles. The third-order valence-corrected chi connectivity index (χ3v) is 2.91. The van der Waals surface area contributed by atoms with E-state index in [1.54, 1.807) is 12.5 Å². The maximum atomic E-state index is 9.97. The van der Waals surface area contributed by atoms with E-state index in [9.17, 15) is 5.11 Å². The van der Waals surface area contributed by atoms with Gasteiger partial charge in [0.2, 0.25) is 0 Å². The number of furan rings is 1. The summed E-state index contributed by atoms with van der Waals surface area (Å²) in [5.41, 5.74) is 1.96. The van der Waals surface area contributed by atoms with Crippen molar-refractivity contribution in [3.05, 3.63) is 57.6 Å². The third-order valence-electron chi connectivity index (χ3n) is 2.24. The maximum Gasteiger partial charge on any atom is 0.0935 e. The van der Waals surface area contributed by atoms with Gasteiger partial charge in [-0.05, 0) is 51.9 Å². The highest BCUT2D eigenvalue weighted by molar-refractivity contribution is 14.1. The van der Waals surface area contributed by atoms with E-state index < -0.39 is 6.10 Å². The van der Waals surface area contributed by atoms with Crippen LogP contribution in [0.3, 0.4) is 0 Å². The fraction of sp³-hybridized carbons (Fsp3) is 0.167. The molecule has 0 fully saturated rings. The number of hydrogen-bond donors (Lipinski definition) is 1. The van der Waals surface area contributed by atoms with Gasteiger partial charge in [-0.2, -0.15) is 0 Å². The smallest absolute Gasteiger partial charge is 0.0935 e. The molecule has 2 rings (SSSR count). The minimum absolute atomic E-state index is 0.461. The molecule has 0 saturated heterocycles. The molecule has 1 heterocycles. The highest BCUT2D eigenvalue weighted by atomic mass is 127. The molecular weight excluding hydrogens is 303 g/mol. The standard InChI is InChI=1S/C12H11IO2/c13-11-3-1-2-10(7-11)12(14)6-9-4-5-15-8-9/h1-5,7-8,12,14H,6H2. The Morgan fingerprint density at radius 2 is 2.20 bits per heavy atom. The zero-order chi connectivity index (χ0) is 10.7. The van der Waals surface area contributed by atoms with Gasteiger partial charge in [0.25, 0.3) is 0 Å². The van der Waals surface area contributed by atoms with Crippen LogP contribution in [0.15, 0.2) is 47.3 Å². The molecule has 0 aliphatic rings. The Balaban J connectivity index is 2.11. The van der Waals surface area contributed by atoms with Crippen molar-refractivity contribution in [3.63, 3.8) is 0 Å². The van der Waals surface area contributed by atoms with Gasteiger partial charge in [-0.15, -0.1) is 0 Å². The minimum atomic E-state index is -0.461. The van der Waals surface area contributed by atoms with E-state index in [0.29, 0.717) is 6.42 Å². The largest absolute Gasteiger partial charge is 0.472 e. The second-order valence-corrected chi connectivity index (χ2v) is 4.65. The number of benzene rings is 1. The molecule has 1 aromatic carbocycles. The molecule has 2 nitrogen and oxygen atoms in total. The number of rotatable bonds is 3. The van der Waals surface area contributed by atoms with Crippen LogP contribution in [0.25, 0.3) is 0 Å². The number of aliphatic hydroxyl groups is 1. The van der Waals surface area contributed by atoms with Crippen LogP contribution in [0.2, 0.25) is 0 Å². The minimum Gasteiger partial charge on any atom is -0.472 e. The topological polar surface area (TPSA) is 33.4 Å². The Labute approximate surface area is 102 Å². The SMILES string of the molecule is OC(Cc1ccoc1)c1cccc(I)c1. The summed E-state index contributed by atoms with van der Waals surface area (Å²) in [5.74, 6) is 0. The molecule has 0 amide bonds. The molecule has 1 aromatic heterocycles. The Hall–Kier alpha value is -0.810. The highest BCUT2D eigenvalue weighted by Gasteiger charge is 2.09. The van der Waals surface area contributed by atoms with Crippen molar-refractivity contribution in [3.8, 4) is 0 Å². The number of aliphatic hydroxyl groups excluding tert-OH is 1. The lowest BCUT2D eigenvalue weighted by Gasteiger charge is -2.09. The number of halogens is 1. The molecule has 0 bridgehead atoms. The van der Waals surface area contributed by atoms with E-state index in [4.69, 9.17) is 4.42 Å². The predicted octanol–water partition coefficient (Wildman–Crippen LogP) is 3.16. The van der Waals surface area contributed by atoms with Crippen LogP contribution < -0.4 is 0 Å². The molecular formula is C12H11IO2. The van der Waals surface area contributed by atoms with Gasteiger partial charge < -0.3 is 9.52 Å². The molecule has 0 aliphatic heterocycles. The van der Waals surface area contributed by atoms with Gasteiger partial charge in [0.05, 0.1) is 18.6 Å². The van der Waals surface area contributed by atoms with Gasteiger partial charge in [-0.25, -0.2) is 0 Å². The third kappa shape index (κ3) is 2.82. The zero-order valence-electron chi connectivity index (χ0n) is 8.06. The zero-order valence-corrected chi connectivity index (χ0v) is 10.2. The lowest BCUT2D eigenvalue weighted by Crippen LogP contribution is -2.00. The Bertz CT molecular complexity index is 423. The van der Waals surface area contributed by atoms with Crippen LogP contribution in [-0.2, 0) is 6.42 Å². The summed E-state index contributed by atoms with van der Waals surface area (Å²) in [5, 5.41) is 9.97. The summed E-state index contributed by atoms with van der Waals surface area (Å²) in [6.45, 7) is 0. The van der Waals surface area contributed by atoms with Crippen molar-refractivity contribution in [2.75, 3.05) is 0 Å². The van der Waals surface area contributed by atoms with Gasteiger partial charge >= 0.3 is 0 Å². The van der Waals surface area contributed by atoms with Crippen molar-refractivity contribution in [2.24, 2.45) is 0 Å². The fourth-order valence-electron chi connectivity index (χ4n) is 1.46. The summed E-state index contributed by atoms with van der Waals surface area (Å²) >= 11 is 2.24. The lowest BCUT2D eigenvalue weighted by atomic mass is 10.0. The Morgan fingerprint density at radius 3 is 2.87 bits per heavy atom. The summed E-state index contributed by atoms with van der Waals surface area (Å²) in [6.07, 6.45) is 3.42. The van der Waals surface area contributed by atoms with Crippen molar-refractivity contribution in [2.45, 2.75) is 12.5 Å². The van der Waals surface area contributed by atoms with Crippen molar-refractivity contribution < 1.29 is 9.52 Å². The average molecular weight is 314 g/mol. The lowest BCUT2D eigenvalue weighted by molar-refractivity contribution is 0.178. The first-order valence-corrected chi connectivity index (χ1v) is 5.78. The van der Waals surface area contributed by atoms with Crippen LogP contribution in [-0.4, -0.2) is 5.11 Å². The first-order valence-electron chi connectivity index (χ1n) is 4.70. The van der Waals surface area contributed by atoms with Gasteiger partial charge in [-0.3, -0.25) is 0 Å². The van der Waals surface area contributed by atoms with E-state index >= 15 is 0 Å². The maximum absolute atomic E-state index is 9.97. The Kier molecular flexibility index (Phi) is 3.43. The fourth-order valence-corrected chi connectivity index (χ4v) is 2.03. The molecule has 1 N–H and O–H groups in total. The molecule has 1 atom stereocenters. The molecule has 78 valence electrons. The van der Waals surface area contributed by atoms with Crippen LogP contribution in [0.5, 0.6) is 0 Å². The van der Waals surface area contributed by atoms with Gasteiger partial charge in [0.15, 0.2) is 0 Å². The van der Waals surface area contributed by atoms with Crippen LogP contribution in [0.1, 0.15) is 17.2 Å². The molecule has 1 unspecified atom stereocenters. The van der Waals surface area contributed by atoms with Gasteiger partial charge in [0.1, 0.15) is 0 Å². The summed E-state index contributed by atoms with van der Waals surface area (Å²) in [6, 6.07) is 9.76. The second kappa shape index (κ2) is 4.81. The van der Waals surface area contributed by atoms with Crippen LogP contribution in [0, 0.1) is 3.57 Å². The quantitative estimate of drug-likeness (QED) is 0.883. The number of hydrogen-bond acceptors (Lipinski definition) is 2. The second-order valence-electron chi connectivity index (χ2n) is 3.41. The van der Waals surface area contributed by atoms with E-state index in [0.717, 1.165) is 14.7 Å². The summed E-state index contributed by atoms with van der Waals surface area (Å²) in [7, 11) is 0. The molecule has 0 saturated carbocycles. The molecule has 3 heteroatoms. The predicted molar refractivity (Wildman–Crippen MR) is 66.5 cm³/mol. The Morgan fingerprint density at radius 1 is 1.33 bits per heavy atom. The van der Waals surface area contributed by atoms with Crippen LogP contribution >= 0.6 is 22.6 Å². The van der Waals surface area contributed by atoms with E-state index in [1.807, 2.05) is 30.3 Å². The van der Waals surface area contributed by atoms with Crippen molar-refractivity contribution >= 4 is 22.6 Å². The monoisotopic (exact) mass is 314 g/mol. The van der Waals surface area contributed by atoms with Gasteiger partial charge in [0, 0.05) is 9.99 Å². The normalized spacial score (nSPS) is 12.7. The first kappa shape index (κ1) is 10.7. The highest BCUT2D eigenvalue weighted by Crippen LogP contribution is 2.20. The molecule has 0 radical (unpaired) electrons. The van der Waals surface area contributed by atoms with Crippen molar-refractivity contribution in [1.29, 1.82) is 0 Å². The first-order chi connectivity index (χ1) is 7.25. The van der Waals surface area contributed by atoms with Crippen LogP contribution in [0.4, 0.5) is 0 Å². The average Bonchev–Trinajstić information content (AvgIpc) is 2.70. The molecule has 2 aromatic rings. The molecule has 15 heavy (non-hydrogen) atoms. The molecule has 0 spiro atoms. The van der Waals surface area contributed by atoms with Gasteiger partial charge in [-0.1, -0.05) is 12.1 Å². The van der Waals surface area contributed by atoms with E-state index in [-0.39, 0.29) is 0 Å². The van der Waals surface area contributed by atoms with E-state index in [2.05, 4.69) is 22.6 Å². The van der Waals surface area contributed by atoms with Crippen molar-refractivity contribution in [1.82, 2.24) is 0 Å². The summed E-state index contributed by atoms with van der Waals surface area (Å²) in [4.78, 5) is 0. The van der Waals surface area contributed by atoms with E-state index in [1.165, 1.54) is 0 Å².